The Hall–Kier alpha value is -5.00. The molecule has 1 atom stereocenters. The lowest BCUT2D eigenvalue weighted by atomic mass is 10.0. The number of phenols is 1. The van der Waals surface area contributed by atoms with E-state index < -0.39 is 29.6 Å². The summed E-state index contributed by atoms with van der Waals surface area (Å²) in [5, 5.41) is 28.7. The summed E-state index contributed by atoms with van der Waals surface area (Å²) in [5.74, 6) is -3.54. The monoisotopic (exact) mass is 604 g/mol. The third-order valence-electron chi connectivity index (χ3n) is 6.18. The molecule has 2 heterocycles. The highest BCUT2D eigenvalue weighted by atomic mass is 35.5. The van der Waals surface area contributed by atoms with Crippen molar-refractivity contribution in [3.05, 3.63) is 118 Å². The highest BCUT2D eigenvalue weighted by Crippen LogP contribution is 2.33. The summed E-state index contributed by atoms with van der Waals surface area (Å²) in [6.45, 7) is 0. The average Bonchev–Trinajstić information content (AvgIpc) is 3.60. The molecular formula is C30H22ClFN4O5S. The fraction of sp³-hybridized carbons (Fsp3) is 0.0667. The van der Waals surface area contributed by atoms with Crippen molar-refractivity contribution in [2.24, 2.45) is 0 Å². The first-order valence-corrected chi connectivity index (χ1v) is 13.7. The fourth-order valence-electron chi connectivity index (χ4n) is 4.18. The molecule has 3 aromatic carbocycles. The normalized spacial score (nSPS) is 11.6. The molecule has 0 unspecified atom stereocenters. The van der Waals surface area contributed by atoms with Gasteiger partial charge in [-0.3, -0.25) is 9.59 Å². The Balaban J connectivity index is 1.39. The maximum atomic E-state index is 14.6. The molecule has 0 bridgehead atoms. The number of halogens is 2. The molecule has 5 rings (SSSR count). The van der Waals surface area contributed by atoms with E-state index in [0.29, 0.717) is 26.2 Å². The molecule has 42 heavy (non-hydrogen) atoms. The van der Waals surface area contributed by atoms with E-state index in [-0.39, 0.29) is 29.0 Å². The number of hydrogen-bond acceptors (Lipinski definition) is 6. The number of benzene rings is 3. The minimum Gasteiger partial charge on any atom is -0.508 e. The van der Waals surface area contributed by atoms with Gasteiger partial charge in [-0.05, 0) is 60.2 Å². The number of carboxylic acids is 1. The van der Waals surface area contributed by atoms with E-state index >= 15 is 0 Å². The number of amides is 2. The van der Waals surface area contributed by atoms with E-state index in [1.54, 1.807) is 23.0 Å². The van der Waals surface area contributed by atoms with Crippen molar-refractivity contribution in [3.63, 3.8) is 0 Å². The maximum Gasteiger partial charge on any atom is 0.326 e. The number of carbonyl (C=O) groups excluding carboxylic acids is 2. The minimum atomic E-state index is -1.33. The van der Waals surface area contributed by atoms with Crippen molar-refractivity contribution < 1.29 is 29.0 Å². The van der Waals surface area contributed by atoms with Crippen molar-refractivity contribution in [2.75, 3.05) is 5.32 Å². The van der Waals surface area contributed by atoms with Gasteiger partial charge in [0.2, 0.25) is 0 Å². The molecule has 0 radical (unpaired) electrons. The molecule has 0 aliphatic rings. The van der Waals surface area contributed by atoms with Gasteiger partial charge in [-0.25, -0.2) is 13.9 Å². The molecule has 0 saturated carbocycles. The summed E-state index contributed by atoms with van der Waals surface area (Å²) in [5.41, 5.74) is 1.62. The number of carboxylic acid groups (broad SMARTS) is 1. The zero-order valence-corrected chi connectivity index (χ0v) is 23.2. The number of nitrogens with one attached hydrogen (secondary N) is 2. The Morgan fingerprint density at radius 3 is 2.38 bits per heavy atom. The molecular weight excluding hydrogens is 583 g/mol. The van der Waals surface area contributed by atoms with Crippen LogP contribution in [-0.2, 0) is 11.2 Å². The van der Waals surface area contributed by atoms with Crippen LogP contribution in [0.3, 0.4) is 0 Å². The minimum absolute atomic E-state index is 0.0156. The fourth-order valence-corrected chi connectivity index (χ4v) is 5.22. The van der Waals surface area contributed by atoms with E-state index in [4.69, 9.17) is 11.6 Å². The molecule has 0 aliphatic carbocycles. The first-order valence-electron chi connectivity index (χ1n) is 12.5. The second-order valence-electron chi connectivity index (χ2n) is 9.19. The topological polar surface area (TPSA) is 134 Å². The second kappa shape index (κ2) is 12.2. The first-order chi connectivity index (χ1) is 20.2. The van der Waals surface area contributed by atoms with E-state index in [0.717, 1.165) is 12.1 Å². The smallest absolute Gasteiger partial charge is 0.326 e. The van der Waals surface area contributed by atoms with Crippen LogP contribution in [0.1, 0.15) is 26.3 Å². The van der Waals surface area contributed by atoms with Crippen molar-refractivity contribution in [1.29, 1.82) is 0 Å². The van der Waals surface area contributed by atoms with E-state index in [1.807, 2.05) is 30.3 Å². The molecule has 9 nitrogen and oxygen atoms in total. The number of aromatic hydroxyl groups is 1. The molecule has 0 saturated heterocycles. The third kappa shape index (κ3) is 6.65. The molecule has 4 N–H and O–H groups in total. The molecule has 2 amide bonds. The van der Waals surface area contributed by atoms with Gasteiger partial charge in [-0.15, -0.1) is 11.3 Å². The second-order valence-corrected chi connectivity index (χ2v) is 10.9. The summed E-state index contributed by atoms with van der Waals surface area (Å²) in [6.07, 6.45) is 1.47. The number of phenolic OH excluding ortho intramolecular Hbond substituents is 1. The van der Waals surface area contributed by atoms with Crippen molar-refractivity contribution in [3.8, 4) is 22.0 Å². The summed E-state index contributed by atoms with van der Waals surface area (Å²) >= 11 is 7.37. The first kappa shape index (κ1) is 28.5. The summed E-state index contributed by atoms with van der Waals surface area (Å²) < 4.78 is 16.6. The van der Waals surface area contributed by atoms with Crippen LogP contribution in [0, 0.1) is 5.82 Å². The van der Waals surface area contributed by atoms with E-state index in [2.05, 4.69) is 15.7 Å². The Morgan fingerprint density at radius 2 is 1.71 bits per heavy atom. The van der Waals surface area contributed by atoms with Crippen molar-refractivity contribution >= 4 is 46.4 Å². The van der Waals surface area contributed by atoms with Crippen LogP contribution in [0.2, 0.25) is 4.34 Å². The number of aromatic nitrogens is 2. The standard InChI is InChI=1S/C30H22ClFN4O5S/c31-26-11-10-25(42-26)27-23(16-36(35-27)21-4-2-1-3-5-21)29(39)33-20-14-18(13-19(32)15-20)28(38)34-24(30(40)41)12-17-6-8-22(37)9-7-17/h1-11,13-16,24,37H,12H2,(H,33,39)(H,34,38)(H,40,41)/t24-/m0/s1. The van der Waals surface area contributed by atoms with Gasteiger partial charge in [-0.1, -0.05) is 41.9 Å². The van der Waals surface area contributed by atoms with Crippen LogP contribution in [0.25, 0.3) is 16.3 Å². The van der Waals surface area contributed by atoms with Crippen LogP contribution in [0.5, 0.6) is 5.75 Å². The van der Waals surface area contributed by atoms with Crippen LogP contribution in [0.4, 0.5) is 10.1 Å². The number of thiophene rings is 1. The zero-order chi connectivity index (χ0) is 29.8. The van der Waals surface area contributed by atoms with Gasteiger partial charge in [0.25, 0.3) is 11.8 Å². The highest BCUT2D eigenvalue weighted by Gasteiger charge is 2.23. The largest absolute Gasteiger partial charge is 0.508 e. The van der Waals surface area contributed by atoms with Gasteiger partial charge >= 0.3 is 5.97 Å². The SMILES string of the molecule is O=C(N[C@@H](Cc1ccc(O)cc1)C(=O)O)c1cc(F)cc(NC(=O)c2cn(-c3ccccc3)nc2-c2ccc(Cl)s2)c1. The van der Waals surface area contributed by atoms with Crippen molar-refractivity contribution in [1.82, 2.24) is 15.1 Å². The maximum absolute atomic E-state index is 14.6. The number of anilines is 1. The van der Waals surface area contributed by atoms with Gasteiger partial charge in [0.05, 0.1) is 20.5 Å². The number of nitrogens with zero attached hydrogens (tertiary/aromatic N) is 2. The molecule has 12 heteroatoms. The number of carbonyl (C=O) groups is 3. The quantitative estimate of drug-likeness (QED) is 0.169. The number of hydrogen-bond donors (Lipinski definition) is 4. The average molecular weight is 605 g/mol. The van der Waals surface area contributed by atoms with E-state index in [9.17, 15) is 29.0 Å². The predicted octanol–water partition coefficient (Wildman–Crippen LogP) is 5.78. The molecule has 5 aromatic rings. The van der Waals surface area contributed by atoms with E-state index in [1.165, 1.54) is 41.7 Å². The van der Waals surface area contributed by atoms with Gasteiger partial charge in [0.15, 0.2) is 0 Å². The molecule has 0 aliphatic heterocycles. The number of rotatable bonds is 9. The highest BCUT2D eigenvalue weighted by molar-refractivity contribution is 7.19. The number of para-hydroxylation sites is 1. The summed E-state index contributed by atoms with van der Waals surface area (Å²) in [7, 11) is 0. The van der Waals surface area contributed by atoms with Crippen molar-refractivity contribution in [2.45, 2.75) is 12.5 Å². The lowest BCUT2D eigenvalue weighted by Crippen LogP contribution is -2.42. The summed E-state index contributed by atoms with van der Waals surface area (Å²) in [4.78, 5) is 38.8. The third-order valence-corrected chi connectivity index (χ3v) is 7.42. The van der Waals surface area contributed by atoms with Crippen LogP contribution in [0.15, 0.2) is 91.1 Å². The van der Waals surface area contributed by atoms with Gasteiger partial charge < -0.3 is 20.8 Å². The lowest BCUT2D eigenvalue weighted by Gasteiger charge is -2.15. The molecule has 2 aromatic heterocycles. The summed E-state index contributed by atoms with van der Waals surface area (Å²) in [6, 6.07) is 20.4. The van der Waals surface area contributed by atoms with Crippen LogP contribution in [-0.4, -0.2) is 43.8 Å². The zero-order valence-electron chi connectivity index (χ0n) is 21.6. The Morgan fingerprint density at radius 1 is 0.976 bits per heavy atom. The predicted molar refractivity (Wildman–Crippen MR) is 157 cm³/mol. The van der Waals surface area contributed by atoms with Gasteiger partial charge in [0.1, 0.15) is 23.3 Å². The Labute approximate surface area is 247 Å². The Bertz CT molecular complexity index is 1770. The molecule has 0 fully saturated rings. The van der Waals surface area contributed by atoms with Gasteiger partial charge in [0, 0.05) is 23.9 Å². The number of aliphatic carboxylic acids is 1. The van der Waals surface area contributed by atoms with Crippen LogP contribution < -0.4 is 10.6 Å². The molecule has 0 spiro atoms. The van der Waals surface area contributed by atoms with Gasteiger partial charge in [-0.2, -0.15) is 5.10 Å². The lowest BCUT2D eigenvalue weighted by molar-refractivity contribution is -0.139. The Kier molecular flexibility index (Phi) is 8.32. The molecule has 212 valence electrons. The van der Waals surface area contributed by atoms with Crippen LogP contribution >= 0.6 is 22.9 Å².